The zero-order chi connectivity index (χ0) is 25.2. The van der Waals surface area contributed by atoms with E-state index in [2.05, 4.69) is 34.6 Å². The lowest BCUT2D eigenvalue weighted by Crippen LogP contribution is -2.19. The van der Waals surface area contributed by atoms with Gasteiger partial charge in [0.1, 0.15) is 6.61 Å². The fraction of sp³-hybridized carbons (Fsp3) is 0.179. The first-order valence-electron chi connectivity index (χ1n) is 11.5. The van der Waals surface area contributed by atoms with Crippen LogP contribution in [0.15, 0.2) is 87.6 Å². The Kier molecular flexibility index (Phi) is 9.13. The Morgan fingerprint density at radius 2 is 1.92 bits per heavy atom. The van der Waals surface area contributed by atoms with E-state index in [-0.39, 0.29) is 11.7 Å². The second-order valence-corrected chi connectivity index (χ2v) is 9.94. The molecule has 0 aliphatic heterocycles. The van der Waals surface area contributed by atoms with Crippen LogP contribution in [0.2, 0.25) is 0 Å². The number of aryl methyl sites for hydroxylation is 1. The number of carbonyl (C=O) groups is 1. The number of carbonyl (C=O) groups excluding carboxylic acids is 1. The molecular weight excluding hydrogens is 490 g/mol. The van der Waals surface area contributed by atoms with Crippen molar-refractivity contribution in [3.8, 4) is 22.8 Å². The van der Waals surface area contributed by atoms with Crippen molar-refractivity contribution >= 4 is 35.2 Å². The highest BCUT2D eigenvalue weighted by atomic mass is 32.2. The SMILES string of the molecule is CCOc1cc(/C=N/NC(=O)CSc2nc(-c3ccccc3)cs2)ccc1OCc1cccc(C)c1. The van der Waals surface area contributed by atoms with Gasteiger partial charge in [-0.05, 0) is 43.2 Å². The van der Waals surface area contributed by atoms with Gasteiger partial charge in [-0.2, -0.15) is 5.10 Å². The molecule has 0 aliphatic carbocycles. The normalized spacial score (nSPS) is 10.9. The van der Waals surface area contributed by atoms with Crippen LogP contribution in [0, 0.1) is 6.92 Å². The highest BCUT2D eigenvalue weighted by Crippen LogP contribution is 2.29. The zero-order valence-corrected chi connectivity index (χ0v) is 21.8. The number of rotatable bonds is 11. The van der Waals surface area contributed by atoms with E-state index < -0.39 is 0 Å². The third kappa shape index (κ3) is 7.44. The Hall–Kier alpha value is -3.62. The molecule has 3 aromatic carbocycles. The maximum absolute atomic E-state index is 12.2. The van der Waals surface area contributed by atoms with Crippen molar-refractivity contribution < 1.29 is 14.3 Å². The summed E-state index contributed by atoms with van der Waals surface area (Å²) < 4.78 is 12.6. The number of benzene rings is 3. The minimum atomic E-state index is -0.198. The molecule has 1 amide bonds. The minimum Gasteiger partial charge on any atom is -0.490 e. The maximum Gasteiger partial charge on any atom is 0.250 e. The summed E-state index contributed by atoms with van der Waals surface area (Å²) in [5.41, 5.74) is 7.63. The van der Waals surface area contributed by atoms with E-state index in [0.29, 0.717) is 24.7 Å². The van der Waals surface area contributed by atoms with Gasteiger partial charge in [0.15, 0.2) is 15.8 Å². The monoisotopic (exact) mass is 517 g/mol. The molecular formula is C28H27N3O3S2. The van der Waals surface area contributed by atoms with Crippen LogP contribution in [0.3, 0.4) is 0 Å². The largest absolute Gasteiger partial charge is 0.490 e. The highest BCUT2D eigenvalue weighted by molar-refractivity contribution is 8.01. The van der Waals surface area contributed by atoms with Crippen LogP contribution in [0.25, 0.3) is 11.3 Å². The molecule has 36 heavy (non-hydrogen) atoms. The molecule has 1 heterocycles. The lowest BCUT2D eigenvalue weighted by Gasteiger charge is -2.13. The molecule has 0 saturated heterocycles. The third-order valence-corrected chi connectivity index (χ3v) is 7.05. The van der Waals surface area contributed by atoms with Crippen LogP contribution >= 0.6 is 23.1 Å². The Balaban J connectivity index is 1.29. The Labute approximate surface area is 219 Å². The molecule has 0 radical (unpaired) electrons. The van der Waals surface area contributed by atoms with E-state index in [4.69, 9.17) is 9.47 Å². The van der Waals surface area contributed by atoms with Crippen molar-refractivity contribution in [2.75, 3.05) is 12.4 Å². The number of nitrogens with zero attached hydrogens (tertiary/aromatic N) is 2. The van der Waals surface area contributed by atoms with Crippen LogP contribution in [0.5, 0.6) is 11.5 Å². The number of hydrogen-bond acceptors (Lipinski definition) is 7. The van der Waals surface area contributed by atoms with E-state index in [1.54, 1.807) is 6.21 Å². The van der Waals surface area contributed by atoms with Crippen molar-refractivity contribution in [2.45, 2.75) is 24.8 Å². The summed E-state index contributed by atoms with van der Waals surface area (Å²) >= 11 is 2.92. The number of aromatic nitrogens is 1. The summed E-state index contributed by atoms with van der Waals surface area (Å²) in [6.45, 7) is 4.95. The van der Waals surface area contributed by atoms with Gasteiger partial charge in [0.2, 0.25) is 0 Å². The number of amides is 1. The van der Waals surface area contributed by atoms with E-state index in [1.165, 1.54) is 28.7 Å². The third-order valence-electron chi connectivity index (χ3n) is 5.03. The number of thiazole rings is 1. The van der Waals surface area contributed by atoms with Gasteiger partial charge in [0.25, 0.3) is 5.91 Å². The van der Waals surface area contributed by atoms with Gasteiger partial charge in [0, 0.05) is 10.9 Å². The van der Waals surface area contributed by atoms with Gasteiger partial charge >= 0.3 is 0 Å². The van der Waals surface area contributed by atoms with Crippen LogP contribution < -0.4 is 14.9 Å². The summed E-state index contributed by atoms with van der Waals surface area (Å²) in [5, 5.41) is 6.09. The minimum absolute atomic E-state index is 0.198. The van der Waals surface area contributed by atoms with Gasteiger partial charge in [-0.25, -0.2) is 10.4 Å². The molecule has 0 unspecified atom stereocenters. The molecule has 0 bridgehead atoms. The molecule has 0 fully saturated rings. The first-order chi connectivity index (χ1) is 17.6. The first kappa shape index (κ1) is 25.5. The average Bonchev–Trinajstić information content (AvgIpc) is 3.37. The predicted octanol–water partition coefficient (Wildman–Crippen LogP) is 6.34. The van der Waals surface area contributed by atoms with E-state index in [0.717, 1.165) is 26.7 Å². The Morgan fingerprint density at radius 3 is 2.72 bits per heavy atom. The fourth-order valence-electron chi connectivity index (χ4n) is 3.36. The molecule has 0 saturated carbocycles. The summed E-state index contributed by atoms with van der Waals surface area (Å²) in [5.74, 6) is 1.33. The summed E-state index contributed by atoms with van der Waals surface area (Å²) in [6, 6.07) is 23.8. The maximum atomic E-state index is 12.2. The van der Waals surface area contributed by atoms with Crippen molar-refractivity contribution in [1.82, 2.24) is 10.4 Å². The molecule has 0 aliphatic rings. The molecule has 6 nitrogen and oxygen atoms in total. The van der Waals surface area contributed by atoms with Gasteiger partial charge in [-0.1, -0.05) is 71.9 Å². The fourth-order valence-corrected chi connectivity index (χ4v) is 4.99. The van der Waals surface area contributed by atoms with Crippen molar-refractivity contribution in [2.24, 2.45) is 5.10 Å². The zero-order valence-electron chi connectivity index (χ0n) is 20.1. The Bertz CT molecular complexity index is 1320. The van der Waals surface area contributed by atoms with E-state index in [1.807, 2.05) is 73.0 Å². The molecule has 0 atom stereocenters. The summed E-state index contributed by atoms with van der Waals surface area (Å²) in [4.78, 5) is 16.8. The number of hydrogen-bond donors (Lipinski definition) is 1. The lowest BCUT2D eigenvalue weighted by molar-refractivity contribution is -0.118. The smallest absolute Gasteiger partial charge is 0.250 e. The molecule has 1 aromatic heterocycles. The second-order valence-electron chi connectivity index (χ2n) is 7.86. The van der Waals surface area contributed by atoms with Gasteiger partial charge in [-0.3, -0.25) is 4.79 Å². The van der Waals surface area contributed by atoms with Crippen molar-refractivity contribution in [1.29, 1.82) is 0 Å². The van der Waals surface area contributed by atoms with Crippen molar-refractivity contribution in [3.05, 3.63) is 94.9 Å². The first-order valence-corrected chi connectivity index (χ1v) is 13.4. The number of hydrazone groups is 1. The Morgan fingerprint density at radius 1 is 1.06 bits per heavy atom. The molecule has 184 valence electrons. The number of thioether (sulfide) groups is 1. The molecule has 1 N–H and O–H groups in total. The van der Waals surface area contributed by atoms with Gasteiger partial charge in [-0.15, -0.1) is 11.3 Å². The van der Waals surface area contributed by atoms with Crippen LogP contribution in [-0.2, 0) is 11.4 Å². The van der Waals surface area contributed by atoms with Crippen LogP contribution in [-0.4, -0.2) is 29.5 Å². The summed E-state index contributed by atoms with van der Waals surface area (Å²) in [6.07, 6.45) is 1.59. The van der Waals surface area contributed by atoms with Crippen molar-refractivity contribution in [3.63, 3.8) is 0 Å². The second kappa shape index (κ2) is 12.9. The number of nitrogens with one attached hydrogen (secondary N) is 1. The quantitative estimate of drug-likeness (QED) is 0.143. The van der Waals surface area contributed by atoms with Crippen LogP contribution in [0.4, 0.5) is 0 Å². The summed E-state index contributed by atoms with van der Waals surface area (Å²) in [7, 11) is 0. The predicted molar refractivity (Wildman–Crippen MR) is 147 cm³/mol. The number of ether oxygens (including phenoxy) is 2. The van der Waals surface area contributed by atoms with Crippen LogP contribution in [0.1, 0.15) is 23.6 Å². The highest BCUT2D eigenvalue weighted by Gasteiger charge is 2.09. The van der Waals surface area contributed by atoms with E-state index in [9.17, 15) is 4.79 Å². The molecule has 4 aromatic rings. The molecule has 4 rings (SSSR count). The van der Waals surface area contributed by atoms with Gasteiger partial charge in [0.05, 0.1) is 24.3 Å². The molecule has 0 spiro atoms. The topological polar surface area (TPSA) is 72.8 Å². The van der Waals surface area contributed by atoms with Gasteiger partial charge < -0.3 is 9.47 Å². The standard InChI is InChI=1S/C28H27N3O3S2/c1-3-33-26-15-21(12-13-25(26)34-17-22-9-7-8-20(2)14-22)16-29-31-27(32)19-36-28-30-24(18-35-28)23-10-5-4-6-11-23/h4-16,18H,3,17,19H2,1-2H3,(H,31,32)/b29-16+. The molecule has 8 heteroatoms. The average molecular weight is 518 g/mol. The van der Waals surface area contributed by atoms with E-state index >= 15 is 0 Å². The lowest BCUT2D eigenvalue weighted by atomic mass is 10.1.